The number of hydrogen-bond acceptors (Lipinski definition) is 1. The van der Waals surface area contributed by atoms with E-state index >= 15 is 0 Å². The summed E-state index contributed by atoms with van der Waals surface area (Å²) in [6.07, 6.45) is -4.48. The Bertz CT molecular complexity index is 337. The molecule has 0 aromatic heterocycles. The highest BCUT2D eigenvalue weighted by Crippen LogP contribution is 2.39. The molecule has 0 atom stereocenters. The highest BCUT2D eigenvalue weighted by molar-refractivity contribution is 9.10. The molecule has 1 aromatic rings. The Labute approximate surface area is 85.8 Å². The van der Waals surface area contributed by atoms with Gasteiger partial charge in [-0.2, -0.15) is 13.2 Å². The molecule has 13 heavy (non-hydrogen) atoms. The van der Waals surface area contributed by atoms with Gasteiger partial charge >= 0.3 is 6.18 Å². The molecule has 72 valence electrons. The standard InChI is InChI=1S/C7H4BrClF3N/c8-3-1-4(7(10,11)12)6(9)5(13)2-3/h1-2H,13H2. The van der Waals surface area contributed by atoms with Crippen molar-refractivity contribution < 1.29 is 13.2 Å². The fraction of sp³-hybridized carbons (Fsp3) is 0.143. The molecule has 0 heterocycles. The quantitative estimate of drug-likeness (QED) is 0.717. The van der Waals surface area contributed by atoms with E-state index in [0.29, 0.717) is 0 Å². The van der Waals surface area contributed by atoms with Crippen LogP contribution in [0.5, 0.6) is 0 Å². The van der Waals surface area contributed by atoms with Crippen LogP contribution in [-0.4, -0.2) is 0 Å². The smallest absolute Gasteiger partial charge is 0.397 e. The molecule has 1 nitrogen and oxygen atoms in total. The minimum Gasteiger partial charge on any atom is -0.397 e. The van der Waals surface area contributed by atoms with Gasteiger partial charge in [0.1, 0.15) is 0 Å². The molecule has 0 radical (unpaired) electrons. The molecule has 0 saturated carbocycles. The van der Waals surface area contributed by atoms with Crippen LogP contribution in [0, 0.1) is 0 Å². The first-order chi connectivity index (χ1) is 5.82. The Hall–Kier alpha value is -0.420. The van der Waals surface area contributed by atoms with E-state index in [1.165, 1.54) is 6.07 Å². The normalized spacial score (nSPS) is 11.8. The molecule has 0 aliphatic heterocycles. The van der Waals surface area contributed by atoms with Crippen LogP contribution in [-0.2, 0) is 6.18 Å². The van der Waals surface area contributed by atoms with E-state index in [2.05, 4.69) is 15.9 Å². The van der Waals surface area contributed by atoms with Crippen molar-refractivity contribution in [1.29, 1.82) is 0 Å². The lowest BCUT2D eigenvalue weighted by Crippen LogP contribution is -2.07. The van der Waals surface area contributed by atoms with Crippen molar-refractivity contribution in [1.82, 2.24) is 0 Å². The van der Waals surface area contributed by atoms with Crippen LogP contribution >= 0.6 is 27.5 Å². The third-order valence-electron chi connectivity index (χ3n) is 1.37. The monoisotopic (exact) mass is 273 g/mol. The highest BCUT2D eigenvalue weighted by Gasteiger charge is 2.34. The summed E-state index contributed by atoms with van der Waals surface area (Å²) >= 11 is 8.28. The average molecular weight is 274 g/mol. The van der Waals surface area contributed by atoms with Crippen molar-refractivity contribution in [3.05, 3.63) is 27.2 Å². The van der Waals surface area contributed by atoms with Gasteiger partial charge in [-0.1, -0.05) is 27.5 Å². The zero-order valence-corrected chi connectivity index (χ0v) is 8.46. The third kappa shape index (κ3) is 2.28. The van der Waals surface area contributed by atoms with Crippen LogP contribution in [0.4, 0.5) is 18.9 Å². The fourth-order valence-corrected chi connectivity index (χ4v) is 1.51. The summed E-state index contributed by atoms with van der Waals surface area (Å²) < 4.78 is 37.0. The average Bonchev–Trinajstić information content (AvgIpc) is 1.94. The molecular formula is C7H4BrClF3N. The molecule has 0 aliphatic carbocycles. The van der Waals surface area contributed by atoms with Gasteiger partial charge in [0, 0.05) is 4.47 Å². The van der Waals surface area contributed by atoms with Crippen molar-refractivity contribution in [3.63, 3.8) is 0 Å². The van der Waals surface area contributed by atoms with E-state index in [1.54, 1.807) is 0 Å². The van der Waals surface area contributed by atoms with E-state index in [9.17, 15) is 13.2 Å². The minimum atomic E-state index is -4.48. The van der Waals surface area contributed by atoms with Crippen LogP contribution < -0.4 is 5.73 Å². The van der Waals surface area contributed by atoms with Gasteiger partial charge in [-0.3, -0.25) is 0 Å². The number of benzene rings is 1. The summed E-state index contributed by atoms with van der Waals surface area (Å²) in [5.41, 5.74) is 4.23. The number of rotatable bonds is 0. The Morgan fingerprint density at radius 3 is 2.31 bits per heavy atom. The fourth-order valence-electron chi connectivity index (χ4n) is 0.817. The summed E-state index contributed by atoms with van der Waals surface area (Å²) in [6.45, 7) is 0. The number of halogens is 5. The van der Waals surface area contributed by atoms with Crippen molar-refractivity contribution >= 4 is 33.2 Å². The third-order valence-corrected chi connectivity index (χ3v) is 2.25. The van der Waals surface area contributed by atoms with E-state index in [1.807, 2.05) is 0 Å². The molecule has 1 rings (SSSR count). The first-order valence-corrected chi connectivity index (χ1v) is 4.31. The molecule has 0 bridgehead atoms. The van der Waals surface area contributed by atoms with Crippen LogP contribution in [0.15, 0.2) is 16.6 Å². The molecule has 0 fully saturated rings. The first-order valence-electron chi connectivity index (χ1n) is 3.14. The molecule has 0 saturated heterocycles. The molecular weight excluding hydrogens is 270 g/mol. The summed E-state index contributed by atoms with van der Waals surface area (Å²) in [4.78, 5) is 0. The van der Waals surface area contributed by atoms with E-state index in [-0.39, 0.29) is 10.2 Å². The number of nitrogen functional groups attached to an aromatic ring is 1. The topological polar surface area (TPSA) is 26.0 Å². The zero-order chi connectivity index (χ0) is 10.2. The van der Waals surface area contributed by atoms with Crippen molar-refractivity contribution in [2.75, 3.05) is 5.73 Å². The summed E-state index contributed by atoms with van der Waals surface area (Å²) in [7, 11) is 0. The summed E-state index contributed by atoms with van der Waals surface area (Å²) in [5.74, 6) is 0. The van der Waals surface area contributed by atoms with Crippen molar-refractivity contribution in [3.8, 4) is 0 Å². The van der Waals surface area contributed by atoms with E-state index in [0.717, 1.165) is 6.07 Å². The second-order valence-electron chi connectivity index (χ2n) is 2.35. The van der Waals surface area contributed by atoms with Gasteiger partial charge in [0.05, 0.1) is 16.3 Å². The number of nitrogens with two attached hydrogens (primary N) is 1. The lowest BCUT2D eigenvalue weighted by atomic mass is 10.2. The maximum Gasteiger partial charge on any atom is 0.417 e. The van der Waals surface area contributed by atoms with Crippen molar-refractivity contribution in [2.24, 2.45) is 0 Å². The van der Waals surface area contributed by atoms with Gasteiger partial charge in [-0.25, -0.2) is 0 Å². The van der Waals surface area contributed by atoms with Crippen molar-refractivity contribution in [2.45, 2.75) is 6.18 Å². The maximum atomic E-state index is 12.2. The Balaban J connectivity index is 3.37. The Morgan fingerprint density at radius 1 is 1.31 bits per heavy atom. The summed E-state index contributed by atoms with van der Waals surface area (Å²) in [6, 6.07) is 2.20. The number of hydrogen-bond donors (Lipinski definition) is 1. The second-order valence-corrected chi connectivity index (χ2v) is 3.65. The molecule has 1 aromatic carbocycles. The van der Waals surface area contributed by atoms with Crippen LogP contribution in [0.25, 0.3) is 0 Å². The minimum absolute atomic E-state index is 0.0941. The van der Waals surface area contributed by atoms with Crippen LogP contribution in [0.3, 0.4) is 0 Å². The van der Waals surface area contributed by atoms with Crippen LogP contribution in [0.1, 0.15) is 5.56 Å². The molecule has 6 heteroatoms. The first kappa shape index (κ1) is 10.7. The van der Waals surface area contributed by atoms with Gasteiger partial charge in [0.25, 0.3) is 0 Å². The number of alkyl halides is 3. The molecule has 0 aliphatic rings. The van der Waals surface area contributed by atoms with E-state index in [4.69, 9.17) is 17.3 Å². The predicted molar refractivity (Wildman–Crippen MR) is 48.6 cm³/mol. The summed E-state index contributed by atoms with van der Waals surface area (Å²) in [5, 5.41) is -0.462. The van der Waals surface area contributed by atoms with Gasteiger partial charge in [0.2, 0.25) is 0 Å². The van der Waals surface area contributed by atoms with Gasteiger partial charge in [0.15, 0.2) is 0 Å². The lowest BCUT2D eigenvalue weighted by Gasteiger charge is -2.10. The number of anilines is 1. The zero-order valence-electron chi connectivity index (χ0n) is 6.12. The largest absolute Gasteiger partial charge is 0.417 e. The van der Waals surface area contributed by atoms with Crippen LogP contribution in [0.2, 0.25) is 5.02 Å². The maximum absolute atomic E-state index is 12.2. The second kappa shape index (κ2) is 3.38. The van der Waals surface area contributed by atoms with Gasteiger partial charge in [-0.05, 0) is 12.1 Å². The molecule has 0 spiro atoms. The molecule has 2 N–H and O–H groups in total. The predicted octanol–water partition coefficient (Wildman–Crippen LogP) is 3.70. The highest BCUT2D eigenvalue weighted by atomic mass is 79.9. The Morgan fingerprint density at radius 2 is 1.85 bits per heavy atom. The lowest BCUT2D eigenvalue weighted by molar-refractivity contribution is -0.137. The van der Waals surface area contributed by atoms with Gasteiger partial charge in [-0.15, -0.1) is 0 Å². The van der Waals surface area contributed by atoms with E-state index < -0.39 is 16.8 Å². The Kier molecular flexibility index (Phi) is 2.77. The molecule has 0 unspecified atom stereocenters. The molecule has 0 amide bonds. The SMILES string of the molecule is Nc1cc(Br)cc(C(F)(F)F)c1Cl. The van der Waals surface area contributed by atoms with Gasteiger partial charge < -0.3 is 5.73 Å².